The molecule has 1 aromatic heterocycles. The van der Waals surface area contributed by atoms with Crippen molar-refractivity contribution in [1.29, 1.82) is 0 Å². The fourth-order valence-corrected chi connectivity index (χ4v) is 4.54. The van der Waals surface area contributed by atoms with Crippen molar-refractivity contribution in [3.8, 4) is 5.75 Å². The molecule has 7 nitrogen and oxygen atoms in total. The fourth-order valence-electron chi connectivity index (χ4n) is 3.33. The van der Waals surface area contributed by atoms with Crippen LogP contribution < -0.4 is 10.2 Å². The van der Waals surface area contributed by atoms with E-state index in [-0.39, 0.29) is 17.2 Å². The molecule has 0 radical (unpaired) electrons. The van der Waals surface area contributed by atoms with Gasteiger partial charge in [-0.15, -0.1) is 10.2 Å². The van der Waals surface area contributed by atoms with Crippen LogP contribution in [0.5, 0.6) is 5.75 Å². The van der Waals surface area contributed by atoms with Gasteiger partial charge in [-0.25, -0.2) is 4.68 Å². The first-order valence-corrected chi connectivity index (χ1v) is 9.33. The number of hydrogen-bond donors (Lipinski definition) is 1. The van der Waals surface area contributed by atoms with Gasteiger partial charge in [0.15, 0.2) is 0 Å². The maximum atomic E-state index is 13.1. The van der Waals surface area contributed by atoms with Crippen LogP contribution in [-0.2, 0) is 4.79 Å². The minimum absolute atomic E-state index is 0.147. The number of fused-ring (bicyclic) bond motifs is 1. The Balaban J connectivity index is 1.68. The Hall–Kier alpha value is -2.22. The molecule has 0 bridgehead atoms. The molecular formula is C17H21N5O2S. The first-order chi connectivity index (χ1) is 12.2. The highest BCUT2D eigenvalue weighted by atomic mass is 32.2. The Morgan fingerprint density at radius 3 is 2.64 bits per heavy atom. The number of carbonyl (C=O) groups is 1. The second-order valence-electron chi connectivity index (χ2n) is 6.32. The summed E-state index contributed by atoms with van der Waals surface area (Å²) in [6.45, 7) is 3.59. The third-order valence-corrected chi connectivity index (χ3v) is 5.94. The maximum Gasteiger partial charge on any atom is 0.238 e. The van der Waals surface area contributed by atoms with Gasteiger partial charge >= 0.3 is 0 Å². The smallest absolute Gasteiger partial charge is 0.238 e. The van der Waals surface area contributed by atoms with Crippen molar-refractivity contribution in [1.82, 2.24) is 19.8 Å². The normalized spacial score (nSPS) is 22.4. The molecule has 3 heterocycles. The minimum Gasteiger partial charge on any atom is -0.497 e. The van der Waals surface area contributed by atoms with Crippen molar-refractivity contribution in [3.05, 3.63) is 35.7 Å². The Kier molecular flexibility index (Phi) is 4.29. The number of hydrogen-bond acceptors (Lipinski definition) is 6. The molecule has 25 heavy (non-hydrogen) atoms. The van der Waals surface area contributed by atoms with Crippen molar-refractivity contribution >= 4 is 17.7 Å². The van der Waals surface area contributed by atoms with E-state index in [4.69, 9.17) is 4.74 Å². The molecule has 0 aliphatic carbocycles. The number of benzene rings is 1. The van der Waals surface area contributed by atoms with Crippen LogP contribution in [0.2, 0.25) is 0 Å². The average Bonchev–Trinajstić information content (AvgIpc) is 3.31. The largest absolute Gasteiger partial charge is 0.497 e. The number of nitrogens with one attached hydrogen (secondary N) is 1. The molecule has 4 rings (SSSR count). The average molecular weight is 359 g/mol. The van der Waals surface area contributed by atoms with Gasteiger partial charge in [0.1, 0.15) is 16.8 Å². The maximum absolute atomic E-state index is 13.1. The van der Waals surface area contributed by atoms with Crippen LogP contribution >= 0.6 is 11.8 Å². The van der Waals surface area contributed by atoms with Crippen molar-refractivity contribution < 1.29 is 9.53 Å². The Bertz CT molecular complexity index is 770. The minimum atomic E-state index is -0.261. The third-order valence-electron chi connectivity index (χ3n) is 4.73. The molecule has 2 atom stereocenters. The van der Waals surface area contributed by atoms with E-state index in [2.05, 4.69) is 15.6 Å². The van der Waals surface area contributed by atoms with Gasteiger partial charge in [0.05, 0.1) is 13.2 Å². The molecule has 1 N–H and O–H groups in total. The SMILES string of the molecule is COc1ccc([C@@H]2Nn3c(C)nnc3S[C@@H]2C(=O)N2CCCC2)cc1. The summed E-state index contributed by atoms with van der Waals surface area (Å²) in [6.07, 6.45) is 2.16. The summed E-state index contributed by atoms with van der Waals surface area (Å²) in [5.41, 5.74) is 4.48. The molecule has 0 unspecified atom stereocenters. The van der Waals surface area contributed by atoms with Crippen molar-refractivity contribution in [2.24, 2.45) is 0 Å². The molecule has 1 amide bonds. The lowest BCUT2D eigenvalue weighted by Gasteiger charge is -2.34. The van der Waals surface area contributed by atoms with E-state index in [9.17, 15) is 4.79 Å². The highest BCUT2D eigenvalue weighted by Gasteiger charge is 2.39. The Labute approximate surface area is 150 Å². The van der Waals surface area contributed by atoms with Gasteiger partial charge in [0, 0.05) is 13.1 Å². The van der Waals surface area contributed by atoms with Crippen LogP contribution in [0.4, 0.5) is 0 Å². The molecule has 0 saturated carbocycles. The molecule has 1 saturated heterocycles. The molecule has 2 aliphatic heterocycles. The predicted octanol–water partition coefficient (Wildman–Crippen LogP) is 1.98. The van der Waals surface area contributed by atoms with Crippen molar-refractivity contribution in [2.75, 3.05) is 25.6 Å². The van der Waals surface area contributed by atoms with Gasteiger partial charge in [-0.2, -0.15) is 0 Å². The number of amides is 1. The quantitative estimate of drug-likeness (QED) is 0.903. The predicted molar refractivity (Wildman–Crippen MR) is 95.3 cm³/mol. The van der Waals surface area contributed by atoms with Gasteiger partial charge < -0.3 is 15.1 Å². The Morgan fingerprint density at radius 2 is 1.96 bits per heavy atom. The molecular weight excluding hydrogens is 338 g/mol. The first-order valence-electron chi connectivity index (χ1n) is 8.45. The van der Waals surface area contributed by atoms with E-state index in [1.807, 2.05) is 40.8 Å². The zero-order valence-corrected chi connectivity index (χ0v) is 15.1. The molecule has 2 aliphatic rings. The van der Waals surface area contributed by atoms with Crippen molar-refractivity contribution in [2.45, 2.75) is 36.2 Å². The number of aromatic nitrogens is 3. The number of carbonyl (C=O) groups excluding carboxylic acids is 1. The fraction of sp³-hybridized carbons (Fsp3) is 0.471. The molecule has 1 aromatic carbocycles. The number of ether oxygens (including phenoxy) is 1. The Morgan fingerprint density at radius 1 is 1.24 bits per heavy atom. The number of nitrogens with zero attached hydrogens (tertiary/aromatic N) is 4. The monoisotopic (exact) mass is 359 g/mol. The zero-order valence-electron chi connectivity index (χ0n) is 14.3. The standard InChI is InChI=1S/C17H21N5O2S/c1-11-18-19-17-22(11)20-14(12-5-7-13(24-2)8-6-12)15(25-17)16(23)21-9-3-4-10-21/h5-8,14-15,20H,3-4,9-10H2,1-2H3/t14-,15-/m0/s1. The van der Waals surface area contributed by atoms with Crippen LogP contribution in [0.3, 0.4) is 0 Å². The molecule has 1 fully saturated rings. The first kappa shape index (κ1) is 16.3. The second-order valence-corrected chi connectivity index (χ2v) is 7.42. The molecule has 2 aromatic rings. The molecule has 8 heteroatoms. The summed E-state index contributed by atoms with van der Waals surface area (Å²) >= 11 is 1.49. The van der Waals surface area contributed by atoms with E-state index >= 15 is 0 Å². The van der Waals surface area contributed by atoms with E-state index in [0.717, 1.165) is 48.2 Å². The number of methoxy groups -OCH3 is 1. The zero-order chi connectivity index (χ0) is 17.4. The van der Waals surface area contributed by atoms with Gasteiger partial charge in [0.25, 0.3) is 0 Å². The number of thioether (sulfide) groups is 1. The van der Waals surface area contributed by atoms with Crippen LogP contribution in [0.1, 0.15) is 30.3 Å². The summed E-state index contributed by atoms with van der Waals surface area (Å²) in [5, 5.41) is 8.80. The van der Waals surface area contributed by atoms with E-state index in [0.29, 0.717) is 0 Å². The summed E-state index contributed by atoms with van der Waals surface area (Å²) in [4.78, 5) is 15.1. The van der Waals surface area contributed by atoms with Crippen molar-refractivity contribution in [3.63, 3.8) is 0 Å². The van der Waals surface area contributed by atoms with Gasteiger partial charge in [-0.1, -0.05) is 23.9 Å². The topological polar surface area (TPSA) is 72.3 Å². The van der Waals surface area contributed by atoms with Gasteiger partial charge in [0.2, 0.25) is 11.1 Å². The lowest BCUT2D eigenvalue weighted by atomic mass is 10.0. The van der Waals surface area contributed by atoms with Crippen LogP contribution in [0.15, 0.2) is 29.4 Å². The van der Waals surface area contributed by atoms with Crippen LogP contribution in [0, 0.1) is 6.92 Å². The third kappa shape index (κ3) is 2.95. The number of likely N-dealkylation sites (tertiary alicyclic amines) is 1. The lowest BCUT2D eigenvalue weighted by molar-refractivity contribution is -0.129. The highest BCUT2D eigenvalue weighted by molar-refractivity contribution is 8.00. The number of aryl methyl sites for hydroxylation is 1. The summed E-state index contributed by atoms with van der Waals surface area (Å²) in [6, 6.07) is 7.71. The second kappa shape index (κ2) is 6.59. The van der Waals surface area contributed by atoms with E-state index in [1.54, 1.807) is 7.11 Å². The van der Waals surface area contributed by atoms with E-state index in [1.165, 1.54) is 11.8 Å². The molecule has 132 valence electrons. The summed E-state index contributed by atoms with van der Waals surface area (Å²) < 4.78 is 7.12. The summed E-state index contributed by atoms with van der Waals surface area (Å²) in [7, 11) is 1.65. The number of rotatable bonds is 3. The highest BCUT2D eigenvalue weighted by Crippen LogP contribution is 2.38. The van der Waals surface area contributed by atoms with E-state index < -0.39 is 0 Å². The molecule has 0 spiro atoms. The van der Waals surface area contributed by atoms with Gasteiger partial charge in [-0.05, 0) is 37.5 Å². The van der Waals surface area contributed by atoms with Crippen LogP contribution in [0.25, 0.3) is 0 Å². The van der Waals surface area contributed by atoms with Gasteiger partial charge in [-0.3, -0.25) is 4.79 Å². The summed E-state index contributed by atoms with van der Waals surface area (Å²) in [5.74, 6) is 1.76. The van der Waals surface area contributed by atoms with Crippen LogP contribution in [-0.4, -0.2) is 51.1 Å². The lowest BCUT2D eigenvalue weighted by Crippen LogP contribution is -2.45.